The van der Waals surface area contributed by atoms with Crippen molar-refractivity contribution in [3.05, 3.63) is 94.9 Å². The smallest absolute Gasteiger partial charge is 0.207 e. The van der Waals surface area contributed by atoms with E-state index < -0.39 is 0 Å². The van der Waals surface area contributed by atoms with Crippen molar-refractivity contribution in [2.24, 2.45) is 5.92 Å². The largest absolute Gasteiger partial charge is 0.371 e. The van der Waals surface area contributed by atoms with E-state index in [1.165, 1.54) is 22.3 Å². The van der Waals surface area contributed by atoms with Crippen LogP contribution in [0.2, 0.25) is 10.0 Å². The van der Waals surface area contributed by atoms with Gasteiger partial charge in [0.05, 0.1) is 0 Å². The maximum Gasteiger partial charge on any atom is 0.207 e. The summed E-state index contributed by atoms with van der Waals surface area (Å²) in [6, 6.07) is 21.9. The molecule has 2 aromatic carbocycles. The van der Waals surface area contributed by atoms with Gasteiger partial charge in [0.2, 0.25) is 6.41 Å². The number of nitrogens with zero attached hydrogens (tertiary/aromatic N) is 3. The normalized spacial score (nSPS) is 13.3. The van der Waals surface area contributed by atoms with Crippen LogP contribution in [0.25, 0.3) is 10.9 Å². The van der Waals surface area contributed by atoms with Gasteiger partial charge in [-0.15, -0.1) is 0 Å². The van der Waals surface area contributed by atoms with Crippen LogP contribution in [-0.2, 0) is 11.3 Å². The minimum atomic E-state index is 0.628. The number of anilines is 1. The molecule has 5 rings (SSSR count). The van der Waals surface area contributed by atoms with Crippen LogP contribution in [0.3, 0.4) is 0 Å². The second-order valence-electron chi connectivity index (χ2n) is 8.69. The molecule has 36 heavy (non-hydrogen) atoms. The van der Waals surface area contributed by atoms with E-state index in [2.05, 4.69) is 63.9 Å². The highest BCUT2D eigenvalue weighted by atomic mass is 35.5. The topological polar surface area (TPSA) is 50.2 Å². The number of benzene rings is 2. The van der Waals surface area contributed by atoms with Crippen LogP contribution >= 0.6 is 23.2 Å². The van der Waals surface area contributed by atoms with E-state index in [1.807, 2.05) is 30.6 Å². The van der Waals surface area contributed by atoms with E-state index in [0.29, 0.717) is 16.0 Å². The molecule has 5 nitrogen and oxygen atoms in total. The average molecular weight is 526 g/mol. The maximum atomic E-state index is 10.2. The summed E-state index contributed by atoms with van der Waals surface area (Å²) in [6.07, 6.45) is 6.73. The fourth-order valence-electron chi connectivity index (χ4n) is 4.39. The lowest BCUT2D eigenvalue weighted by Crippen LogP contribution is -2.37. The van der Waals surface area contributed by atoms with Crippen LogP contribution in [0.4, 0.5) is 5.69 Å². The van der Waals surface area contributed by atoms with Gasteiger partial charge < -0.3 is 14.8 Å². The molecule has 1 fully saturated rings. The molecular weight excluding hydrogens is 491 g/mol. The number of halogens is 2. The van der Waals surface area contributed by atoms with Crippen LogP contribution in [-0.4, -0.2) is 35.6 Å². The van der Waals surface area contributed by atoms with Crippen LogP contribution < -0.4 is 10.2 Å². The summed E-state index contributed by atoms with van der Waals surface area (Å²) in [5.74, 6) is 0.628. The molecule has 0 saturated carbocycles. The van der Waals surface area contributed by atoms with Gasteiger partial charge in [-0.1, -0.05) is 47.5 Å². The van der Waals surface area contributed by atoms with Gasteiger partial charge in [0.15, 0.2) is 0 Å². The summed E-state index contributed by atoms with van der Waals surface area (Å²) in [5.41, 5.74) is 3.94. The first kappa shape index (κ1) is 27.6. The third-order valence-electron chi connectivity index (χ3n) is 6.25. The molecule has 0 spiro atoms. The van der Waals surface area contributed by atoms with Crippen molar-refractivity contribution in [1.82, 2.24) is 14.9 Å². The van der Waals surface area contributed by atoms with Crippen molar-refractivity contribution in [3.63, 3.8) is 0 Å². The Morgan fingerprint density at radius 2 is 1.64 bits per heavy atom. The molecule has 190 valence electrons. The van der Waals surface area contributed by atoms with Crippen molar-refractivity contribution in [3.8, 4) is 0 Å². The average Bonchev–Trinajstić information content (AvgIpc) is 3.23. The first-order valence-electron chi connectivity index (χ1n) is 12.3. The highest BCUT2D eigenvalue weighted by Gasteiger charge is 2.18. The monoisotopic (exact) mass is 524 g/mol. The van der Waals surface area contributed by atoms with E-state index in [0.717, 1.165) is 45.4 Å². The molecule has 1 aliphatic heterocycles. The Balaban J connectivity index is 0.000000159. The molecule has 0 atom stereocenters. The molecule has 4 aromatic rings. The number of fused-ring (bicyclic) bond motifs is 1. The Labute approximate surface area is 224 Å². The molecule has 0 unspecified atom stereocenters. The van der Waals surface area contributed by atoms with Gasteiger partial charge >= 0.3 is 0 Å². The quantitative estimate of drug-likeness (QED) is 0.285. The predicted molar refractivity (Wildman–Crippen MR) is 152 cm³/mol. The Morgan fingerprint density at radius 1 is 0.972 bits per heavy atom. The van der Waals surface area contributed by atoms with Crippen molar-refractivity contribution >= 4 is 46.2 Å². The number of nitrogens with one attached hydrogen (secondary N) is 1. The molecule has 0 bridgehead atoms. The number of aromatic nitrogens is 2. The fourth-order valence-corrected chi connectivity index (χ4v) is 4.83. The zero-order valence-corrected chi connectivity index (χ0v) is 22.4. The summed E-state index contributed by atoms with van der Waals surface area (Å²) >= 11 is 11.1. The van der Waals surface area contributed by atoms with Gasteiger partial charge in [-0.2, -0.15) is 0 Å². The number of piperidine rings is 1. The van der Waals surface area contributed by atoms with Crippen LogP contribution in [0.15, 0.2) is 79.1 Å². The number of amides is 1. The van der Waals surface area contributed by atoms with Crippen molar-refractivity contribution in [2.45, 2.75) is 33.2 Å². The van der Waals surface area contributed by atoms with E-state index >= 15 is 0 Å². The molecule has 1 N–H and O–H groups in total. The maximum absolute atomic E-state index is 10.2. The van der Waals surface area contributed by atoms with Gasteiger partial charge in [-0.05, 0) is 80.5 Å². The lowest BCUT2D eigenvalue weighted by molar-refractivity contribution is -0.109. The van der Waals surface area contributed by atoms with Gasteiger partial charge in [0.1, 0.15) is 0 Å². The Kier molecular flexibility index (Phi) is 11.1. The SMILES string of the molecule is CCn1c(C)cc2ccccc21.Clc1cccc(Cl)c1.O=CNCC1CCN(c2ccncc2)CC1. The van der Waals surface area contributed by atoms with Crippen molar-refractivity contribution in [2.75, 3.05) is 24.5 Å². The van der Waals surface area contributed by atoms with Gasteiger partial charge in [0, 0.05) is 65.5 Å². The molecule has 7 heteroatoms. The highest BCUT2D eigenvalue weighted by molar-refractivity contribution is 6.34. The fraction of sp³-hybridized carbons (Fsp3) is 0.310. The molecule has 1 saturated heterocycles. The van der Waals surface area contributed by atoms with Crippen LogP contribution in [0, 0.1) is 12.8 Å². The summed E-state index contributed by atoms with van der Waals surface area (Å²) in [7, 11) is 0. The second-order valence-corrected chi connectivity index (χ2v) is 9.56. The number of carbonyl (C=O) groups is 1. The van der Waals surface area contributed by atoms with E-state index in [-0.39, 0.29) is 0 Å². The number of carbonyl (C=O) groups excluding carboxylic acids is 1. The number of hydrogen-bond acceptors (Lipinski definition) is 3. The first-order chi connectivity index (χ1) is 17.5. The van der Waals surface area contributed by atoms with Crippen molar-refractivity contribution in [1.29, 1.82) is 0 Å². The van der Waals surface area contributed by atoms with Gasteiger partial charge in [-0.3, -0.25) is 9.78 Å². The molecule has 2 aromatic heterocycles. The molecule has 0 aliphatic carbocycles. The molecule has 1 amide bonds. The third kappa shape index (κ3) is 8.28. The number of aryl methyl sites for hydroxylation is 2. The minimum absolute atomic E-state index is 0.628. The van der Waals surface area contributed by atoms with E-state index in [4.69, 9.17) is 23.2 Å². The predicted octanol–water partition coefficient (Wildman–Crippen LogP) is 7.01. The number of rotatable bonds is 5. The summed E-state index contributed by atoms with van der Waals surface area (Å²) in [6.45, 7) is 8.33. The number of para-hydroxylation sites is 1. The Morgan fingerprint density at radius 3 is 2.22 bits per heavy atom. The second kappa shape index (κ2) is 14.5. The third-order valence-corrected chi connectivity index (χ3v) is 6.72. The Hall–Kier alpha value is -3.02. The highest BCUT2D eigenvalue weighted by Crippen LogP contribution is 2.22. The number of hydrogen-bond donors (Lipinski definition) is 1. The Bertz CT molecular complexity index is 1190. The zero-order chi connectivity index (χ0) is 25.8. The van der Waals surface area contributed by atoms with E-state index in [9.17, 15) is 4.79 Å². The molecule has 0 radical (unpaired) electrons. The molecule has 1 aliphatic rings. The number of pyridine rings is 1. The minimum Gasteiger partial charge on any atom is -0.371 e. The standard InChI is InChI=1S/C12H17N3O.C11H13N.C6H4Cl2/c16-10-14-9-11-3-7-15(8-4-11)12-1-5-13-6-2-12;1-3-12-9(2)8-10-6-4-5-7-11(10)12;7-5-2-1-3-6(8)4-5/h1-2,5-6,10-11H,3-4,7-9H2,(H,14,16);4-8H,3H2,1-2H3;1-4H. The summed E-state index contributed by atoms with van der Waals surface area (Å²) in [4.78, 5) is 16.6. The summed E-state index contributed by atoms with van der Waals surface area (Å²) in [5, 5.41) is 5.46. The van der Waals surface area contributed by atoms with Gasteiger partial charge in [0.25, 0.3) is 0 Å². The van der Waals surface area contributed by atoms with Gasteiger partial charge in [-0.25, -0.2) is 0 Å². The van der Waals surface area contributed by atoms with E-state index in [1.54, 1.807) is 18.2 Å². The zero-order valence-electron chi connectivity index (χ0n) is 20.9. The van der Waals surface area contributed by atoms with Crippen LogP contribution in [0.5, 0.6) is 0 Å². The lowest BCUT2D eigenvalue weighted by atomic mass is 9.96. The summed E-state index contributed by atoms with van der Waals surface area (Å²) < 4.78 is 2.33. The lowest BCUT2D eigenvalue weighted by Gasteiger charge is -2.33. The van der Waals surface area contributed by atoms with Crippen LogP contribution in [0.1, 0.15) is 25.5 Å². The first-order valence-corrected chi connectivity index (χ1v) is 13.0. The molecule has 3 heterocycles. The molecular formula is C29H34Cl2N4O. The van der Waals surface area contributed by atoms with Crippen molar-refractivity contribution < 1.29 is 4.79 Å².